The molecule has 32 heavy (non-hydrogen) atoms. The van der Waals surface area contributed by atoms with Crippen molar-refractivity contribution in [2.75, 3.05) is 26.1 Å². The Hall–Kier alpha value is -2.66. The van der Waals surface area contributed by atoms with Crippen molar-refractivity contribution in [2.24, 2.45) is 0 Å². The molecule has 0 bridgehead atoms. The predicted molar refractivity (Wildman–Crippen MR) is 115 cm³/mol. The fourth-order valence-electron chi connectivity index (χ4n) is 3.35. The molecule has 0 saturated heterocycles. The van der Waals surface area contributed by atoms with Gasteiger partial charge in [0.15, 0.2) is 0 Å². The molecule has 3 aromatic carbocycles. The van der Waals surface area contributed by atoms with E-state index in [9.17, 15) is 14.0 Å². The van der Waals surface area contributed by atoms with E-state index in [1.165, 1.54) is 7.11 Å². The molecule has 6 nitrogen and oxygen atoms in total. The summed E-state index contributed by atoms with van der Waals surface area (Å²) in [6.07, 6.45) is 0. The summed E-state index contributed by atoms with van der Waals surface area (Å²) in [5.74, 6) is 7.02. The van der Waals surface area contributed by atoms with Crippen LogP contribution < -0.4 is 33.3 Å². The third-order valence-electron chi connectivity index (χ3n) is 4.87. The molecule has 8 heteroatoms. The molecule has 0 aromatic heterocycles. The van der Waals surface area contributed by atoms with Crippen molar-refractivity contribution in [3.63, 3.8) is 0 Å². The summed E-state index contributed by atoms with van der Waals surface area (Å²) in [5.41, 5.74) is 3.42. The van der Waals surface area contributed by atoms with E-state index in [4.69, 9.17) is 8.11 Å². The first kappa shape index (κ1) is 22.5. The molecule has 0 amide bonds. The average Bonchev–Trinajstić information content (AvgIpc) is 2.77. The first-order valence-corrected chi connectivity index (χ1v) is 13.2. The Balaban J connectivity index is 1.96. The van der Waals surface area contributed by atoms with Crippen LogP contribution in [0.1, 0.15) is 11.1 Å². The fraction of sp³-hybridized carbons (Fsp3) is 0.125. The number of fused-ring (bicyclic) bond motifs is 2. The molecular formula is C24H20ClNO5Se. The second-order valence-corrected chi connectivity index (χ2v) is 11.8. The molecule has 1 unspecified atom stereocenters. The summed E-state index contributed by atoms with van der Waals surface area (Å²) in [4.78, 5) is 2.01. The Labute approximate surface area is 192 Å². The Morgan fingerprint density at radius 1 is 0.906 bits per heavy atom. The molecule has 0 spiro atoms. The number of rotatable bonds is 4. The molecule has 4 rings (SSSR count). The zero-order valence-corrected chi connectivity index (χ0v) is 20.1. The number of halogens is 1. The maximum atomic E-state index is 11.5. The zero-order valence-electron chi connectivity index (χ0n) is 17.6. The van der Waals surface area contributed by atoms with E-state index in [1.54, 1.807) is 24.3 Å². The number of hydrogen-bond donors (Lipinski definition) is 0. The van der Waals surface area contributed by atoms with Gasteiger partial charge in [0.05, 0.1) is 0 Å². The van der Waals surface area contributed by atoms with Crippen molar-refractivity contribution < 1.29 is 32.3 Å². The fourth-order valence-corrected chi connectivity index (χ4v) is 8.40. The van der Waals surface area contributed by atoms with Crippen LogP contribution in [0.5, 0.6) is 5.75 Å². The molecule has 0 fully saturated rings. The summed E-state index contributed by atoms with van der Waals surface area (Å²) in [6.45, 7) is 0. The van der Waals surface area contributed by atoms with Crippen molar-refractivity contribution in [3.05, 3.63) is 87.1 Å². The van der Waals surface area contributed by atoms with Gasteiger partial charge in [-0.25, -0.2) is 0 Å². The number of hydrogen-bond acceptors (Lipinski definition) is 6. The minimum atomic E-state index is -4.59. The zero-order chi connectivity index (χ0) is 22.9. The molecule has 1 aliphatic rings. The second-order valence-electron chi connectivity index (χ2n) is 7.13. The van der Waals surface area contributed by atoms with E-state index >= 15 is 0 Å². The topological polar surface area (TPSA) is 90.9 Å². The molecule has 1 heterocycles. The van der Waals surface area contributed by atoms with Crippen molar-refractivity contribution >= 4 is 29.5 Å². The molecular weight excluding hydrogens is 497 g/mol. The molecule has 1 aliphatic heterocycles. The number of benzene rings is 3. The van der Waals surface area contributed by atoms with Gasteiger partial charge >= 0.3 is 193 Å². The summed E-state index contributed by atoms with van der Waals surface area (Å²) in [5, 5.41) is 0.770. The van der Waals surface area contributed by atoms with E-state index in [0.717, 1.165) is 27.6 Å². The van der Waals surface area contributed by atoms with Crippen molar-refractivity contribution in [1.82, 2.24) is 0 Å². The normalized spacial score (nSPS) is 14.7. The first-order chi connectivity index (χ1) is 15.3. The predicted octanol–water partition coefficient (Wildman–Crippen LogP) is -1.03. The van der Waals surface area contributed by atoms with Crippen LogP contribution in [-0.2, 0) is 3.37 Å². The van der Waals surface area contributed by atoms with E-state index in [2.05, 4.69) is 11.8 Å². The van der Waals surface area contributed by atoms with Crippen molar-refractivity contribution in [1.29, 1.82) is 0 Å². The third kappa shape index (κ3) is 4.73. The quantitative estimate of drug-likeness (QED) is 0.325. The number of methoxy groups -OCH3 is 1. The van der Waals surface area contributed by atoms with E-state index in [0.29, 0.717) is 14.3 Å². The summed E-state index contributed by atoms with van der Waals surface area (Å²) in [6, 6.07) is 20.6. The molecule has 1 atom stereocenters. The van der Waals surface area contributed by atoms with Crippen LogP contribution in [0, 0.1) is 26.1 Å². The SMILES string of the molecule is COc1ccc2c(c1)[Se](O[Cl+3]([O-])([O-])[O-])=c1ccccc1=C2C#Cc1ccc(N(C)C)cc1. The van der Waals surface area contributed by atoms with E-state index in [1.807, 2.05) is 61.5 Å². The Kier molecular flexibility index (Phi) is 6.38. The summed E-state index contributed by atoms with van der Waals surface area (Å²) in [7, 11) is 0.884. The van der Waals surface area contributed by atoms with Gasteiger partial charge in [-0.3, -0.25) is 0 Å². The Bertz CT molecular complexity index is 1350. The van der Waals surface area contributed by atoms with Gasteiger partial charge < -0.3 is 0 Å². The molecule has 164 valence electrons. The average molecular weight is 517 g/mol. The van der Waals surface area contributed by atoms with E-state index < -0.39 is 24.0 Å². The van der Waals surface area contributed by atoms with Crippen LogP contribution >= 0.6 is 0 Å². The Morgan fingerprint density at radius 2 is 1.62 bits per heavy atom. The Morgan fingerprint density at radius 3 is 2.28 bits per heavy atom. The molecule has 0 saturated carbocycles. The van der Waals surface area contributed by atoms with Crippen LogP contribution in [0.3, 0.4) is 0 Å². The van der Waals surface area contributed by atoms with Crippen LogP contribution in [-0.4, -0.2) is 35.0 Å². The minimum absolute atomic E-state index is 0.548. The molecule has 0 aliphatic carbocycles. The second kappa shape index (κ2) is 9.07. The van der Waals surface area contributed by atoms with Gasteiger partial charge in [0, 0.05) is 0 Å². The van der Waals surface area contributed by atoms with Gasteiger partial charge in [-0.15, -0.1) is 0 Å². The van der Waals surface area contributed by atoms with Gasteiger partial charge in [-0.05, 0) is 0 Å². The van der Waals surface area contributed by atoms with Gasteiger partial charge in [0.25, 0.3) is 0 Å². The van der Waals surface area contributed by atoms with Gasteiger partial charge in [0.1, 0.15) is 0 Å². The third-order valence-corrected chi connectivity index (χ3v) is 10.0. The maximum absolute atomic E-state index is 11.5. The van der Waals surface area contributed by atoms with Crippen LogP contribution in [0.2, 0.25) is 0 Å². The van der Waals surface area contributed by atoms with Gasteiger partial charge in [-0.2, -0.15) is 0 Å². The number of anilines is 1. The molecule has 3 aromatic rings. The van der Waals surface area contributed by atoms with Crippen LogP contribution in [0.15, 0.2) is 66.7 Å². The van der Waals surface area contributed by atoms with Gasteiger partial charge in [0.2, 0.25) is 0 Å². The van der Waals surface area contributed by atoms with E-state index in [-0.39, 0.29) is 0 Å². The standard InChI is InChI=1S/C24H20ClNO5Se/c1-26(2)18-11-8-17(9-12-18)10-14-20-21-6-4-5-7-23(21)32(31-25(27,28)29)24-16-19(30-3)13-15-22(20)24/h4-9,11-13,15-16H,1-3H3. The van der Waals surface area contributed by atoms with Crippen LogP contribution in [0.25, 0.3) is 5.57 Å². The van der Waals surface area contributed by atoms with Crippen LogP contribution in [0.4, 0.5) is 5.69 Å². The number of ether oxygens (including phenoxy) is 1. The van der Waals surface area contributed by atoms with Crippen molar-refractivity contribution in [3.8, 4) is 17.6 Å². The summed E-state index contributed by atoms with van der Waals surface area (Å²) < 4.78 is 46.2. The summed E-state index contributed by atoms with van der Waals surface area (Å²) >= 11 is -2.66. The number of nitrogens with zero attached hydrogens (tertiary/aromatic N) is 1. The van der Waals surface area contributed by atoms with Crippen molar-refractivity contribution in [2.45, 2.75) is 0 Å². The monoisotopic (exact) mass is 517 g/mol. The molecule has 0 radical (unpaired) electrons. The first-order valence-electron chi connectivity index (χ1n) is 9.56. The molecule has 0 N–H and O–H groups in total. The van der Waals surface area contributed by atoms with Gasteiger partial charge in [-0.1, -0.05) is 0 Å².